The first-order valence-electron chi connectivity index (χ1n) is 22.1. The van der Waals surface area contributed by atoms with Crippen molar-refractivity contribution in [3.8, 4) is 39.8 Å². The molecule has 0 radical (unpaired) electrons. The number of hydrogen-bond acceptors (Lipinski definition) is 15. The van der Waals surface area contributed by atoms with Crippen LogP contribution < -0.4 is 48.4 Å². The molecule has 14 N–H and O–H groups in total. The highest BCUT2D eigenvalue weighted by Crippen LogP contribution is 2.45. The Morgan fingerprint density at radius 1 is 0.941 bits per heavy atom. The van der Waals surface area contributed by atoms with E-state index in [1.807, 2.05) is 24.3 Å². The van der Waals surface area contributed by atoms with E-state index in [1.54, 1.807) is 18.2 Å². The number of aromatic hydroxyl groups is 1. The van der Waals surface area contributed by atoms with Crippen LogP contribution >= 0.6 is 11.6 Å². The SMILES string of the molecule is C[C@@H]1NC(=O)[C@@H](N(C)C(=O)[C@H](CCCN)NC(=O)c2c(N)nc(-c3ccc(C(C)(C)C)cc3)nc2Cl)c2cc(OC[C@H](O)CN)c(O)c(c2)-c2cc(ccc2OCCCN)C[C@@H](C(=O)O)NC1=O. The van der Waals surface area contributed by atoms with Gasteiger partial charge in [-0.1, -0.05) is 62.7 Å². The molecule has 5 rings (SSSR count). The molecule has 0 aliphatic carbocycles. The van der Waals surface area contributed by atoms with Gasteiger partial charge in [0.05, 0.1) is 6.61 Å². The number of carboxylic acids is 1. The van der Waals surface area contributed by atoms with Gasteiger partial charge in [-0.2, -0.15) is 0 Å². The van der Waals surface area contributed by atoms with Crippen LogP contribution in [0.3, 0.4) is 0 Å². The summed E-state index contributed by atoms with van der Waals surface area (Å²) < 4.78 is 12.0. The van der Waals surface area contributed by atoms with Crippen LogP contribution in [0.2, 0.25) is 5.15 Å². The van der Waals surface area contributed by atoms with E-state index in [0.29, 0.717) is 24.1 Å². The lowest BCUT2D eigenvalue weighted by molar-refractivity contribution is -0.143. The summed E-state index contributed by atoms with van der Waals surface area (Å²) in [5.74, 6) is -5.44. The van der Waals surface area contributed by atoms with Gasteiger partial charge in [0.2, 0.25) is 17.7 Å². The number of nitrogens with zero attached hydrogens (tertiary/aromatic N) is 3. The molecule has 0 saturated carbocycles. The molecule has 4 aromatic rings. The molecule has 21 heteroatoms. The van der Waals surface area contributed by atoms with E-state index in [-0.39, 0.29) is 94.9 Å². The maximum absolute atomic E-state index is 14.8. The molecule has 1 aliphatic heterocycles. The molecule has 5 atom stereocenters. The number of carboxylic acid groups (broad SMARTS) is 1. The molecule has 68 heavy (non-hydrogen) atoms. The molecular weight excluding hydrogens is 900 g/mol. The number of phenols is 1. The van der Waals surface area contributed by atoms with Crippen molar-refractivity contribution >= 4 is 47.0 Å². The summed E-state index contributed by atoms with van der Waals surface area (Å²) in [4.78, 5) is 79.3. The standard InChI is InChI=1S/C47H61ClN10O10/c1-24-42(61)55-33(46(65)66)19-25-9-14-34(67-17-7-16-50)30(18-25)31-20-27(21-35(38(31)60)68-23-29(59)22-51)37(44(63)53-24)58(5)45(64)32(8-6-15-49)54-43(62)36-39(48)56-41(57-40(36)52)26-10-12-28(13-11-26)47(2,3)4/h9-14,18,20-21,24,29,32-33,37,59-60H,6-8,15-17,19,22-23,49-51H2,1-5H3,(H,53,63)(H,54,62)(H,55,61)(H,65,66)(H2,52,56,57)/t24-,29+,32-,33-,37-/m0/s1. The van der Waals surface area contributed by atoms with E-state index >= 15 is 0 Å². The zero-order valence-electron chi connectivity index (χ0n) is 38.7. The van der Waals surface area contributed by atoms with E-state index in [9.17, 15) is 39.3 Å². The van der Waals surface area contributed by atoms with Gasteiger partial charge in [-0.15, -0.1) is 0 Å². The number of rotatable bonds is 17. The van der Waals surface area contributed by atoms with Crippen molar-refractivity contribution in [2.24, 2.45) is 17.2 Å². The highest BCUT2D eigenvalue weighted by atomic mass is 35.5. The van der Waals surface area contributed by atoms with E-state index < -0.39 is 72.2 Å². The molecule has 366 valence electrons. The fourth-order valence-corrected chi connectivity index (χ4v) is 7.66. The number of likely N-dealkylation sites (N-methyl/N-ethyl adjacent to an activating group) is 1. The van der Waals surface area contributed by atoms with E-state index in [1.165, 1.54) is 26.1 Å². The number of anilines is 1. The highest BCUT2D eigenvalue weighted by molar-refractivity contribution is 6.33. The van der Waals surface area contributed by atoms with Crippen LogP contribution in [-0.2, 0) is 31.0 Å². The van der Waals surface area contributed by atoms with Crippen LogP contribution in [0.5, 0.6) is 17.2 Å². The lowest BCUT2D eigenvalue weighted by Crippen LogP contribution is -2.55. The molecule has 0 saturated heterocycles. The van der Waals surface area contributed by atoms with Gasteiger partial charge in [0.25, 0.3) is 5.91 Å². The Balaban J connectivity index is 1.63. The topological polar surface area (TPSA) is 334 Å². The second-order valence-electron chi connectivity index (χ2n) is 17.5. The Morgan fingerprint density at radius 2 is 1.63 bits per heavy atom. The van der Waals surface area contributed by atoms with Crippen molar-refractivity contribution in [1.29, 1.82) is 0 Å². The fourth-order valence-electron chi connectivity index (χ4n) is 7.39. The van der Waals surface area contributed by atoms with Crippen molar-refractivity contribution in [3.05, 3.63) is 82.0 Å². The zero-order valence-corrected chi connectivity index (χ0v) is 39.4. The summed E-state index contributed by atoms with van der Waals surface area (Å²) in [6, 6.07) is 9.07. The Morgan fingerprint density at radius 3 is 2.25 bits per heavy atom. The summed E-state index contributed by atoms with van der Waals surface area (Å²) in [5, 5.41) is 39.9. The highest BCUT2D eigenvalue weighted by Gasteiger charge is 2.37. The number of nitrogens with two attached hydrogens (primary N) is 4. The smallest absolute Gasteiger partial charge is 0.326 e. The lowest BCUT2D eigenvalue weighted by Gasteiger charge is -2.33. The monoisotopic (exact) mass is 960 g/mol. The van der Waals surface area contributed by atoms with Crippen LogP contribution in [-0.4, -0.2) is 124 Å². The Kier molecular flexibility index (Phi) is 17.7. The summed E-state index contributed by atoms with van der Waals surface area (Å²) in [7, 11) is 1.29. The lowest BCUT2D eigenvalue weighted by atomic mass is 9.87. The number of aliphatic hydroxyl groups excluding tert-OH is 1. The first-order valence-corrected chi connectivity index (χ1v) is 22.5. The molecule has 4 bridgehead atoms. The summed E-state index contributed by atoms with van der Waals surface area (Å²) >= 11 is 6.61. The van der Waals surface area contributed by atoms with Gasteiger partial charge in [0.1, 0.15) is 59.2 Å². The van der Waals surface area contributed by atoms with Gasteiger partial charge in [-0.3, -0.25) is 19.2 Å². The number of amides is 4. The second kappa shape index (κ2) is 22.9. The molecule has 0 spiro atoms. The van der Waals surface area contributed by atoms with Gasteiger partial charge in [-0.25, -0.2) is 14.8 Å². The molecule has 1 aliphatic rings. The molecule has 0 fully saturated rings. The largest absolute Gasteiger partial charge is 0.504 e. The fraction of sp³-hybridized carbons (Fsp3) is 0.426. The molecule has 1 aromatic heterocycles. The van der Waals surface area contributed by atoms with Crippen molar-refractivity contribution in [1.82, 2.24) is 30.8 Å². The van der Waals surface area contributed by atoms with Gasteiger partial charge < -0.3 is 68.6 Å². The number of nitrogen functional groups attached to an aromatic ring is 1. The molecule has 0 unspecified atom stereocenters. The number of aliphatic carboxylic acids is 1. The number of hydrogen-bond donors (Lipinski definition) is 10. The number of nitrogens with one attached hydrogen (secondary N) is 3. The number of aliphatic hydroxyl groups is 1. The van der Waals surface area contributed by atoms with Crippen LogP contribution in [0, 0.1) is 0 Å². The minimum Gasteiger partial charge on any atom is -0.504 e. The average Bonchev–Trinajstić information content (AvgIpc) is 3.29. The second-order valence-corrected chi connectivity index (χ2v) is 17.9. The third-order valence-corrected chi connectivity index (χ3v) is 11.5. The molecule has 3 aromatic carbocycles. The van der Waals surface area contributed by atoms with E-state index in [4.69, 9.17) is 44.0 Å². The maximum atomic E-state index is 14.8. The van der Waals surface area contributed by atoms with Gasteiger partial charge in [-0.05, 0) is 85.6 Å². The van der Waals surface area contributed by atoms with Gasteiger partial charge >= 0.3 is 5.97 Å². The number of ether oxygens (including phenoxy) is 2. The van der Waals surface area contributed by atoms with Crippen LogP contribution in [0.15, 0.2) is 54.6 Å². The number of carbonyl (C=O) groups is 5. The molecule has 20 nitrogen and oxygen atoms in total. The summed E-state index contributed by atoms with van der Waals surface area (Å²) in [6.07, 6.45) is -0.748. The number of halogens is 1. The zero-order chi connectivity index (χ0) is 50.0. The third-order valence-electron chi connectivity index (χ3n) is 11.3. The average molecular weight is 962 g/mol. The quantitative estimate of drug-likeness (QED) is 0.0535. The third kappa shape index (κ3) is 12.7. The summed E-state index contributed by atoms with van der Waals surface area (Å²) in [6.45, 7) is 7.51. The van der Waals surface area contributed by atoms with Crippen LogP contribution in [0.1, 0.15) is 80.0 Å². The van der Waals surface area contributed by atoms with Crippen molar-refractivity contribution in [2.45, 2.75) is 89.1 Å². The predicted molar refractivity (Wildman–Crippen MR) is 255 cm³/mol. The molecule has 2 heterocycles. The van der Waals surface area contributed by atoms with Gasteiger partial charge in [0, 0.05) is 36.7 Å². The summed E-state index contributed by atoms with van der Waals surface area (Å²) in [5.41, 5.74) is 25.5. The number of phenolic OH excluding ortho intramolecular Hbond substituents is 1. The first kappa shape index (κ1) is 52.4. The molecular formula is C47H61ClN10O10. The van der Waals surface area contributed by atoms with Crippen molar-refractivity contribution in [2.75, 3.05) is 45.6 Å². The Labute approximate surface area is 399 Å². The number of benzene rings is 3. The normalized spacial score (nSPS) is 17.2. The number of carbonyl (C=O) groups excluding carboxylic acids is 4. The van der Waals surface area contributed by atoms with E-state index in [2.05, 4.69) is 46.7 Å². The Hall–Kier alpha value is -6.58. The maximum Gasteiger partial charge on any atom is 0.326 e. The van der Waals surface area contributed by atoms with Crippen LogP contribution in [0.25, 0.3) is 22.5 Å². The Bertz CT molecular complexity index is 2460. The van der Waals surface area contributed by atoms with Crippen LogP contribution in [0.4, 0.5) is 5.82 Å². The predicted octanol–water partition coefficient (Wildman–Crippen LogP) is 2.14. The molecule has 4 amide bonds. The van der Waals surface area contributed by atoms with Gasteiger partial charge in [0.15, 0.2) is 17.3 Å². The van der Waals surface area contributed by atoms with E-state index in [0.717, 1.165) is 10.5 Å². The van der Waals surface area contributed by atoms with Crippen molar-refractivity contribution in [3.63, 3.8) is 0 Å². The number of aromatic nitrogens is 2. The number of fused-ring (bicyclic) bond motifs is 5. The first-order chi connectivity index (χ1) is 32.2. The van der Waals surface area contributed by atoms with Crippen molar-refractivity contribution < 1.29 is 48.8 Å². The minimum absolute atomic E-state index is 0.0238. The minimum atomic E-state index is -1.65.